The van der Waals surface area contributed by atoms with Gasteiger partial charge in [-0.2, -0.15) is 0 Å². The van der Waals surface area contributed by atoms with Gasteiger partial charge in [-0.1, -0.05) is 48.5 Å². The lowest BCUT2D eigenvalue weighted by Gasteiger charge is -2.14. The molecule has 0 bridgehead atoms. The van der Waals surface area contributed by atoms with Gasteiger partial charge in [-0.15, -0.1) is 0 Å². The Bertz CT molecular complexity index is 1310. The normalized spacial score (nSPS) is 10.4. The summed E-state index contributed by atoms with van der Waals surface area (Å²) in [6, 6.07) is 33.0. The number of nitrogens with zero attached hydrogens (tertiary/aromatic N) is 2. The van der Waals surface area contributed by atoms with E-state index in [1.54, 1.807) is 0 Å². The summed E-state index contributed by atoms with van der Waals surface area (Å²) >= 11 is 0. The Morgan fingerprint density at radius 3 is 1.59 bits per heavy atom. The van der Waals surface area contributed by atoms with E-state index in [9.17, 15) is 0 Å². The molecule has 0 radical (unpaired) electrons. The van der Waals surface area contributed by atoms with Crippen LogP contribution in [0.1, 0.15) is 27.7 Å². The smallest absolute Gasteiger partial charge is 0.0869 e. The Morgan fingerprint density at radius 1 is 0.500 bits per heavy atom. The summed E-state index contributed by atoms with van der Waals surface area (Å²) in [6.45, 7) is 8.05. The Hall–Kier alpha value is -4.18. The predicted octanol–water partition coefficient (Wildman–Crippen LogP) is 9.07. The van der Waals surface area contributed by atoms with Crippen molar-refractivity contribution in [3.63, 3.8) is 0 Å². The molecule has 0 saturated heterocycles. The van der Waals surface area contributed by atoms with Crippen LogP contribution in [-0.4, -0.2) is 11.4 Å². The van der Waals surface area contributed by atoms with Gasteiger partial charge in [-0.05, 0) is 87.4 Å². The number of nitrogens with one attached hydrogen (secondary N) is 2. The largest absolute Gasteiger partial charge is 0.354 e. The summed E-state index contributed by atoms with van der Waals surface area (Å²) < 4.78 is 0. The highest BCUT2D eigenvalue weighted by atomic mass is 14.9. The van der Waals surface area contributed by atoms with Gasteiger partial charge < -0.3 is 10.6 Å². The molecule has 0 heterocycles. The monoisotopic (exact) mass is 446 g/mol. The zero-order chi connectivity index (χ0) is 23.9. The van der Waals surface area contributed by atoms with E-state index in [1.807, 2.05) is 64.1 Å². The highest BCUT2D eigenvalue weighted by Crippen LogP contribution is 2.37. The average Bonchev–Trinajstić information content (AvgIpc) is 2.82. The molecule has 0 aliphatic heterocycles. The van der Waals surface area contributed by atoms with E-state index in [0.717, 1.165) is 56.7 Å². The minimum Gasteiger partial charge on any atom is -0.354 e. The van der Waals surface area contributed by atoms with Crippen LogP contribution in [0.5, 0.6) is 0 Å². The van der Waals surface area contributed by atoms with Crippen LogP contribution in [0.25, 0.3) is 11.1 Å². The van der Waals surface area contributed by atoms with Gasteiger partial charge in [0.1, 0.15) is 0 Å². The van der Waals surface area contributed by atoms with Crippen LogP contribution in [0, 0.1) is 0 Å². The van der Waals surface area contributed by atoms with Crippen LogP contribution in [0.4, 0.5) is 34.1 Å². The Labute approximate surface area is 202 Å². The van der Waals surface area contributed by atoms with Crippen molar-refractivity contribution in [2.45, 2.75) is 27.7 Å². The third-order valence-electron chi connectivity index (χ3n) is 5.12. The topological polar surface area (TPSA) is 48.8 Å². The first-order chi connectivity index (χ1) is 16.5. The highest BCUT2D eigenvalue weighted by Gasteiger charge is 2.10. The van der Waals surface area contributed by atoms with Crippen LogP contribution in [0.2, 0.25) is 0 Å². The van der Waals surface area contributed by atoms with Gasteiger partial charge in [0, 0.05) is 22.8 Å². The predicted molar refractivity (Wildman–Crippen MR) is 148 cm³/mol. The number of para-hydroxylation sites is 2. The van der Waals surface area contributed by atoms with E-state index in [4.69, 9.17) is 9.98 Å². The molecule has 0 spiro atoms. The maximum absolute atomic E-state index is 4.81. The third kappa shape index (κ3) is 5.99. The highest BCUT2D eigenvalue weighted by molar-refractivity contribution is 5.89. The molecule has 4 aromatic rings. The second-order valence-corrected chi connectivity index (χ2v) is 8.56. The molecule has 0 aromatic heterocycles. The Morgan fingerprint density at radius 2 is 1.00 bits per heavy atom. The maximum atomic E-state index is 4.81. The van der Waals surface area contributed by atoms with Crippen LogP contribution in [0.3, 0.4) is 0 Å². The molecule has 0 fully saturated rings. The van der Waals surface area contributed by atoms with Crippen molar-refractivity contribution in [3.05, 3.63) is 97.1 Å². The molecule has 0 unspecified atom stereocenters. The van der Waals surface area contributed by atoms with Crippen molar-refractivity contribution >= 4 is 45.5 Å². The van der Waals surface area contributed by atoms with Gasteiger partial charge in [0.15, 0.2) is 0 Å². The number of rotatable bonds is 7. The van der Waals surface area contributed by atoms with Gasteiger partial charge in [-0.25, -0.2) is 0 Å². The quantitative estimate of drug-likeness (QED) is 0.278. The summed E-state index contributed by atoms with van der Waals surface area (Å²) in [7, 11) is 0. The van der Waals surface area contributed by atoms with Crippen LogP contribution < -0.4 is 10.6 Å². The Balaban J connectivity index is 1.74. The molecule has 0 amide bonds. The van der Waals surface area contributed by atoms with Crippen molar-refractivity contribution < 1.29 is 0 Å². The number of anilines is 4. The first-order valence-electron chi connectivity index (χ1n) is 11.4. The molecule has 170 valence electrons. The van der Waals surface area contributed by atoms with Crippen molar-refractivity contribution in [1.82, 2.24) is 0 Å². The molecule has 0 atom stereocenters. The summed E-state index contributed by atoms with van der Waals surface area (Å²) in [6.07, 6.45) is 0. The molecule has 0 aliphatic carbocycles. The zero-order valence-corrected chi connectivity index (χ0v) is 20.1. The average molecular weight is 447 g/mol. The van der Waals surface area contributed by atoms with Gasteiger partial charge in [0.2, 0.25) is 0 Å². The standard InChI is InChI=1S/C30H30N4/c1-21(2)31-27-17-15-24(20-30(27)34-26-13-9-6-10-14-26)23-16-18-28(29(19-23)32-22(3)4)33-25-11-7-5-8-12-25/h5-20,33-34H,1-4H3. The molecule has 4 aromatic carbocycles. The van der Waals surface area contributed by atoms with Crippen LogP contribution in [0.15, 0.2) is 107 Å². The van der Waals surface area contributed by atoms with Gasteiger partial charge >= 0.3 is 0 Å². The first kappa shape index (κ1) is 23.0. The van der Waals surface area contributed by atoms with Crippen LogP contribution >= 0.6 is 0 Å². The molecule has 2 N–H and O–H groups in total. The van der Waals surface area contributed by atoms with Crippen molar-refractivity contribution in [1.29, 1.82) is 0 Å². The van der Waals surface area contributed by atoms with E-state index in [2.05, 4.69) is 71.3 Å². The maximum Gasteiger partial charge on any atom is 0.0869 e. The number of hydrogen-bond acceptors (Lipinski definition) is 4. The van der Waals surface area contributed by atoms with Crippen molar-refractivity contribution in [3.8, 4) is 11.1 Å². The molecule has 34 heavy (non-hydrogen) atoms. The molecular formula is C30H30N4. The minimum atomic E-state index is 0.908. The lowest BCUT2D eigenvalue weighted by molar-refractivity contribution is 1.43. The van der Waals surface area contributed by atoms with E-state index in [-0.39, 0.29) is 0 Å². The summed E-state index contributed by atoms with van der Waals surface area (Å²) in [4.78, 5) is 9.54. The lowest BCUT2D eigenvalue weighted by atomic mass is 10.0. The fraction of sp³-hybridized carbons (Fsp3) is 0.133. The van der Waals surface area contributed by atoms with E-state index >= 15 is 0 Å². The van der Waals surface area contributed by atoms with Gasteiger partial charge in [0.25, 0.3) is 0 Å². The zero-order valence-electron chi connectivity index (χ0n) is 20.1. The lowest BCUT2D eigenvalue weighted by Crippen LogP contribution is -1.94. The number of benzene rings is 4. The first-order valence-corrected chi connectivity index (χ1v) is 11.4. The number of aliphatic imine (C=N–C) groups is 2. The second kappa shape index (κ2) is 10.6. The van der Waals surface area contributed by atoms with Crippen LogP contribution in [-0.2, 0) is 0 Å². The molecule has 0 aliphatic rings. The summed E-state index contributed by atoms with van der Waals surface area (Å²) in [5.41, 5.74) is 10.0. The molecule has 4 nitrogen and oxygen atoms in total. The minimum absolute atomic E-state index is 0.908. The van der Waals surface area contributed by atoms with E-state index < -0.39 is 0 Å². The molecule has 4 heteroatoms. The second-order valence-electron chi connectivity index (χ2n) is 8.56. The molecular weight excluding hydrogens is 416 g/mol. The molecule has 4 rings (SSSR count). The van der Waals surface area contributed by atoms with E-state index in [1.165, 1.54) is 0 Å². The van der Waals surface area contributed by atoms with Gasteiger partial charge in [-0.3, -0.25) is 9.98 Å². The third-order valence-corrected chi connectivity index (χ3v) is 5.12. The van der Waals surface area contributed by atoms with Crippen molar-refractivity contribution in [2.24, 2.45) is 9.98 Å². The summed E-state index contributed by atoms with van der Waals surface area (Å²) in [5, 5.41) is 7.03. The molecule has 0 saturated carbocycles. The van der Waals surface area contributed by atoms with E-state index in [0.29, 0.717) is 0 Å². The van der Waals surface area contributed by atoms with Gasteiger partial charge in [0.05, 0.1) is 22.7 Å². The SMILES string of the molecule is CC(C)=Nc1cc(-c2ccc(N=C(C)C)c(Nc3ccccc3)c2)ccc1Nc1ccccc1. The fourth-order valence-corrected chi connectivity index (χ4v) is 3.66. The van der Waals surface area contributed by atoms with Crippen molar-refractivity contribution in [2.75, 3.05) is 10.6 Å². The summed E-state index contributed by atoms with van der Waals surface area (Å²) in [5.74, 6) is 0. The Kier molecular flexibility index (Phi) is 7.19. The fourth-order valence-electron chi connectivity index (χ4n) is 3.66. The number of hydrogen-bond donors (Lipinski definition) is 2.